The van der Waals surface area contributed by atoms with Crippen LogP contribution in [-0.4, -0.2) is 19.8 Å². The summed E-state index contributed by atoms with van der Waals surface area (Å²) in [5.74, 6) is 0.793. The highest BCUT2D eigenvalue weighted by atomic mass is 16.3. The third-order valence-corrected chi connectivity index (χ3v) is 3.49. The lowest BCUT2D eigenvalue weighted by Crippen LogP contribution is -2.19. The van der Waals surface area contributed by atoms with Crippen molar-refractivity contribution in [1.82, 2.24) is 9.55 Å². The van der Waals surface area contributed by atoms with E-state index < -0.39 is 12.2 Å². The maximum Gasteiger partial charge on any atom is 0.123 e. The van der Waals surface area contributed by atoms with Gasteiger partial charge in [-0.3, -0.25) is 0 Å². The Bertz CT molecular complexity index is 589. The molecule has 4 nitrogen and oxygen atoms in total. The largest absolute Gasteiger partial charge is 0.382 e. The van der Waals surface area contributed by atoms with Crippen LogP contribution < -0.4 is 0 Å². The fourth-order valence-corrected chi connectivity index (χ4v) is 2.48. The minimum atomic E-state index is -0.746. The normalized spacial score (nSPS) is 22.1. The fourth-order valence-electron chi connectivity index (χ4n) is 2.48. The van der Waals surface area contributed by atoms with Gasteiger partial charge in [0.2, 0.25) is 0 Å². The van der Waals surface area contributed by atoms with Crippen molar-refractivity contribution in [2.75, 3.05) is 0 Å². The lowest BCUT2D eigenvalue weighted by atomic mass is 9.88. The first-order valence-electron chi connectivity index (χ1n) is 5.59. The number of nitrogens with zero attached hydrogens (tertiary/aromatic N) is 2. The van der Waals surface area contributed by atoms with Crippen molar-refractivity contribution >= 4 is 0 Å². The van der Waals surface area contributed by atoms with E-state index in [2.05, 4.69) is 4.98 Å². The van der Waals surface area contributed by atoms with E-state index in [4.69, 9.17) is 0 Å². The Kier molecular flexibility index (Phi) is 2.11. The molecule has 0 saturated carbocycles. The molecule has 0 radical (unpaired) electrons. The molecule has 0 spiro atoms. The molecule has 2 aromatic rings. The standard InChI is InChI=1S/C13H14N2O2/c1-7-14-10-11(15(7)2)13(17)9-6-4-3-5-8(9)12(10)16/h3-6,12-13,16-17H,1-2H3. The summed E-state index contributed by atoms with van der Waals surface area (Å²) in [7, 11) is 1.85. The Morgan fingerprint density at radius 3 is 2.35 bits per heavy atom. The maximum absolute atomic E-state index is 10.4. The van der Waals surface area contributed by atoms with Crippen molar-refractivity contribution in [3.8, 4) is 0 Å². The number of imidazole rings is 1. The predicted octanol–water partition coefficient (Wildman–Crippen LogP) is 1.21. The smallest absolute Gasteiger partial charge is 0.123 e. The van der Waals surface area contributed by atoms with Gasteiger partial charge in [-0.1, -0.05) is 24.3 Å². The molecule has 0 saturated heterocycles. The van der Waals surface area contributed by atoms with E-state index in [-0.39, 0.29) is 0 Å². The lowest BCUT2D eigenvalue weighted by Gasteiger charge is -2.26. The summed E-state index contributed by atoms with van der Waals surface area (Å²) in [6.45, 7) is 1.86. The number of aliphatic hydroxyl groups excluding tert-OH is 2. The third kappa shape index (κ3) is 1.28. The third-order valence-electron chi connectivity index (χ3n) is 3.49. The molecule has 3 rings (SSSR count). The van der Waals surface area contributed by atoms with Gasteiger partial charge in [0.25, 0.3) is 0 Å². The van der Waals surface area contributed by atoms with Gasteiger partial charge in [-0.15, -0.1) is 0 Å². The van der Waals surface area contributed by atoms with E-state index in [0.717, 1.165) is 17.0 Å². The number of aromatic nitrogens is 2. The van der Waals surface area contributed by atoms with Crippen molar-refractivity contribution in [3.05, 3.63) is 52.6 Å². The van der Waals surface area contributed by atoms with Gasteiger partial charge < -0.3 is 14.8 Å². The SMILES string of the molecule is Cc1nc2c(n1C)C(O)c1ccccc1C2O. The monoisotopic (exact) mass is 230 g/mol. The molecule has 0 fully saturated rings. The number of hydrogen-bond donors (Lipinski definition) is 2. The molecule has 88 valence electrons. The molecule has 1 aliphatic carbocycles. The molecular weight excluding hydrogens is 216 g/mol. The molecule has 0 amide bonds. The minimum absolute atomic E-state index is 0.566. The fraction of sp³-hybridized carbons (Fsp3) is 0.308. The first-order chi connectivity index (χ1) is 8.11. The van der Waals surface area contributed by atoms with Crippen LogP contribution >= 0.6 is 0 Å². The molecule has 2 unspecified atom stereocenters. The topological polar surface area (TPSA) is 58.3 Å². The lowest BCUT2D eigenvalue weighted by molar-refractivity contribution is 0.165. The number of fused-ring (bicyclic) bond motifs is 2. The zero-order valence-corrected chi connectivity index (χ0v) is 9.75. The molecule has 1 aromatic carbocycles. The first-order valence-corrected chi connectivity index (χ1v) is 5.59. The van der Waals surface area contributed by atoms with E-state index in [1.807, 2.05) is 42.8 Å². The first kappa shape index (κ1) is 10.5. The summed E-state index contributed by atoms with van der Waals surface area (Å²) in [6, 6.07) is 7.39. The van der Waals surface area contributed by atoms with Gasteiger partial charge in [-0.25, -0.2) is 4.98 Å². The van der Waals surface area contributed by atoms with Gasteiger partial charge in [0.05, 0.1) is 11.4 Å². The quantitative estimate of drug-likeness (QED) is 0.715. The van der Waals surface area contributed by atoms with Gasteiger partial charge in [-0.05, 0) is 18.1 Å². The second kappa shape index (κ2) is 3.42. The number of rotatable bonds is 0. The van der Waals surface area contributed by atoms with Crippen molar-refractivity contribution in [1.29, 1.82) is 0 Å². The molecule has 2 N–H and O–H groups in total. The van der Waals surface area contributed by atoms with Crippen molar-refractivity contribution < 1.29 is 10.2 Å². The Morgan fingerprint density at radius 2 is 1.71 bits per heavy atom. The van der Waals surface area contributed by atoms with Crippen LogP contribution in [0.2, 0.25) is 0 Å². The van der Waals surface area contributed by atoms with E-state index in [1.165, 1.54) is 0 Å². The Morgan fingerprint density at radius 1 is 1.12 bits per heavy atom. The second-order valence-electron chi connectivity index (χ2n) is 4.42. The van der Waals surface area contributed by atoms with Crippen molar-refractivity contribution in [2.45, 2.75) is 19.1 Å². The highest BCUT2D eigenvalue weighted by Crippen LogP contribution is 2.40. The zero-order chi connectivity index (χ0) is 12.2. The molecule has 0 aliphatic heterocycles. The molecule has 4 heteroatoms. The van der Waals surface area contributed by atoms with Crippen LogP contribution in [0.15, 0.2) is 24.3 Å². The average molecular weight is 230 g/mol. The van der Waals surface area contributed by atoms with Crippen LogP contribution in [0.5, 0.6) is 0 Å². The van der Waals surface area contributed by atoms with Crippen LogP contribution in [0.25, 0.3) is 0 Å². The maximum atomic E-state index is 10.4. The number of aliphatic hydroxyl groups is 2. The summed E-state index contributed by atoms with van der Waals surface area (Å²) in [5, 5.41) is 20.6. The molecule has 2 atom stereocenters. The van der Waals surface area contributed by atoms with E-state index in [9.17, 15) is 10.2 Å². The highest BCUT2D eigenvalue weighted by Gasteiger charge is 2.34. The van der Waals surface area contributed by atoms with E-state index in [0.29, 0.717) is 11.4 Å². The predicted molar refractivity (Wildman–Crippen MR) is 62.5 cm³/mol. The van der Waals surface area contributed by atoms with Crippen LogP contribution in [-0.2, 0) is 7.05 Å². The summed E-state index contributed by atoms with van der Waals surface area (Å²) >= 11 is 0. The summed E-state index contributed by atoms with van der Waals surface area (Å²) in [6.07, 6.45) is -1.46. The average Bonchev–Trinajstić information content (AvgIpc) is 2.64. The van der Waals surface area contributed by atoms with Crippen LogP contribution in [0.3, 0.4) is 0 Å². The van der Waals surface area contributed by atoms with Gasteiger partial charge in [0.1, 0.15) is 18.0 Å². The molecule has 0 bridgehead atoms. The zero-order valence-electron chi connectivity index (χ0n) is 9.75. The molecule has 1 heterocycles. The molecule has 17 heavy (non-hydrogen) atoms. The molecular formula is C13H14N2O2. The second-order valence-corrected chi connectivity index (χ2v) is 4.42. The molecule has 1 aromatic heterocycles. The van der Waals surface area contributed by atoms with Gasteiger partial charge in [0, 0.05) is 7.05 Å². The summed E-state index contributed by atoms with van der Waals surface area (Å²) < 4.78 is 1.83. The van der Waals surface area contributed by atoms with Crippen LogP contribution in [0.4, 0.5) is 0 Å². The Labute approximate surface area is 99.2 Å². The van der Waals surface area contributed by atoms with E-state index in [1.54, 1.807) is 0 Å². The van der Waals surface area contributed by atoms with Crippen molar-refractivity contribution in [2.24, 2.45) is 7.05 Å². The van der Waals surface area contributed by atoms with Gasteiger partial charge in [-0.2, -0.15) is 0 Å². The number of aryl methyl sites for hydroxylation is 1. The van der Waals surface area contributed by atoms with E-state index >= 15 is 0 Å². The van der Waals surface area contributed by atoms with Crippen LogP contribution in [0.1, 0.15) is 40.5 Å². The highest BCUT2D eigenvalue weighted by molar-refractivity contribution is 5.46. The van der Waals surface area contributed by atoms with Crippen LogP contribution in [0, 0.1) is 6.92 Å². The summed E-state index contributed by atoms with van der Waals surface area (Å²) in [4.78, 5) is 4.33. The Balaban J connectivity index is 2.29. The van der Waals surface area contributed by atoms with Crippen molar-refractivity contribution in [3.63, 3.8) is 0 Å². The van der Waals surface area contributed by atoms with Gasteiger partial charge >= 0.3 is 0 Å². The number of benzene rings is 1. The van der Waals surface area contributed by atoms with Gasteiger partial charge in [0.15, 0.2) is 0 Å². The Hall–Kier alpha value is -1.65. The molecule has 1 aliphatic rings. The summed E-state index contributed by atoms with van der Waals surface area (Å²) in [5.41, 5.74) is 2.76. The number of hydrogen-bond acceptors (Lipinski definition) is 3. The minimum Gasteiger partial charge on any atom is -0.382 e.